The summed E-state index contributed by atoms with van der Waals surface area (Å²) in [5, 5.41) is 2.75. The molecule has 0 saturated carbocycles. The Kier molecular flexibility index (Phi) is 4.57. The molecule has 1 aromatic heterocycles. The van der Waals surface area contributed by atoms with Crippen molar-refractivity contribution in [2.75, 3.05) is 18.9 Å². The van der Waals surface area contributed by atoms with Crippen LogP contribution in [0.15, 0.2) is 18.3 Å². The molecule has 0 atom stereocenters. The van der Waals surface area contributed by atoms with Crippen LogP contribution in [0.25, 0.3) is 0 Å². The van der Waals surface area contributed by atoms with Crippen LogP contribution in [0, 0.1) is 5.92 Å². The quantitative estimate of drug-likeness (QED) is 0.774. The maximum absolute atomic E-state index is 11.3. The third-order valence-electron chi connectivity index (χ3n) is 1.87. The zero-order valence-corrected chi connectivity index (χ0v) is 9.56. The van der Waals surface area contributed by atoms with Gasteiger partial charge in [0, 0.05) is 12.7 Å². The van der Waals surface area contributed by atoms with Crippen LogP contribution in [0.1, 0.15) is 13.8 Å². The molecule has 0 spiro atoms. The molecule has 1 aromatic rings. The average molecular weight is 223 g/mol. The third kappa shape index (κ3) is 4.16. The predicted octanol–water partition coefficient (Wildman–Crippen LogP) is 0.815. The van der Waals surface area contributed by atoms with E-state index in [2.05, 4.69) is 10.3 Å². The van der Waals surface area contributed by atoms with Crippen LogP contribution in [0.4, 0.5) is 5.82 Å². The first-order valence-corrected chi connectivity index (χ1v) is 5.19. The fourth-order valence-electron chi connectivity index (χ4n) is 1.04. The minimum absolute atomic E-state index is 0.0391. The second kappa shape index (κ2) is 5.95. The fourth-order valence-corrected chi connectivity index (χ4v) is 1.04. The van der Waals surface area contributed by atoms with Crippen molar-refractivity contribution in [3.63, 3.8) is 0 Å². The van der Waals surface area contributed by atoms with Crippen molar-refractivity contribution in [1.29, 1.82) is 0 Å². The van der Waals surface area contributed by atoms with E-state index in [1.54, 1.807) is 18.3 Å². The number of pyridine rings is 1. The van der Waals surface area contributed by atoms with Crippen molar-refractivity contribution in [2.24, 2.45) is 5.92 Å². The summed E-state index contributed by atoms with van der Waals surface area (Å²) in [6.45, 7) is 4.66. The van der Waals surface area contributed by atoms with Gasteiger partial charge in [-0.1, -0.05) is 13.8 Å². The Labute approximate surface area is 95.0 Å². The predicted molar refractivity (Wildman–Crippen MR) is 62.0 cm³/mol. The standard InChI is InChI=1S/C11H17N3O2/c1-8(2)6-14-10(15)7-16-9-4-3-5-13-11(9)12/h3-5,8H,6-7H2,1-2H3,(H2,12,13)(H,14,15). The van der Waals surface area contributed by atoms with Gasteiger partial charge in [-0.25, -0.2) is 4.98 Å². The maximum atomic E-state index is 11.3. The lowest BCUT2D eigenvalue weighted by Crippen LogP contribution is -2.31. The molecule has 0 aliphatic carbocycles. The monoisotopic (exact) mass is 223 g/mol. The van der Waals surface area contributed by atoms with E-state index in [-0.39, 0.29) is 12.5 Å². The number of hydrogen-bond donors (Lipinski definition) is 2. The SMILES string of the molecule is CC(C)CNC(=O)COc1cccnc1N. The van der Waals surface area contributed by atoms with Crippen molar-refractivity contribution < 1.29 is 9.53 Å². The number of nitrogens with one attached hydrogen (secondary N) is 1. The molecule has 0 radical (unpaired) electrons. The van der Waals surface area contributed by atoms with Gasteiger partial charge in [0.15, 0.2) is 18.2 Å². The van der Waals surface area contributed by atoms with Gasteiger partial charge in [-0.05, 0) is 18.1 Å². The molecule has 5 heteroatoms. The van der Waals surface area contributed by atoms with Crippen molar-refractivity contribution in [3.05, 3.63) is 18.3 Å². The number of ether oxygens (including phenoxy) is 1. The Bertz CT molecular complexity index is 353. The van der Waals surface area contributed by atoms with Crippen LogP contribution in [-0.2, 0) is 4.79 Å². The molecular formula is C11H17N3O2. The second-order valence-electron chi connectivity index (χ2n) is 3.87. The summed E-state index contributed by atoms with van der Waals surface area (Å²) >= 11 is 0. The zero-order valence-electron chi connectivity index (χ0n) is 9.56. The molecule has 3 N–H and O–H groups in total. The molecule has 1 heterocycles. The number of nitrogen functional groups attached to an aromatic ring is 1. The molecule has 1 amide bonds. The first-order valence-electron chi connectivity index (χ1n) is 5.19. The molecule has 16 heavy (non-hydrogen) atoms. The Balaban J connectivity index is 2.35. The summed E-state index contributed by atoms with van der Waals surface area (Å²) in [6.07, 6.45) is 1.57. The van der Waals surface area contributed by atoms with E-state index in [0.717, 1.165) is 0 Å². The normalized spacial score (nSPS) is 10.2. The molecule has 0 aliphatic rings. The highest BCUT2D eigenvalue weighted by atomic mass is 16.5. The molecule has 0 bridgehead atoms. The summed E-state index contributed by atoms with van der Waals surface area (Å²) in [7, 11) is 0. The molecule has 1 rings (SSSR count). The summed E-state index contributed by atoms with van der Waals surface area (Å²) in [4.78, 5) is 15.2. The molecule has 5 nitrogen and oxygen atoms in total. The van der Waals surface area contributed by atoms with Gasteiger partial charge < -0.3 is 15.8 Å². The summed E-state index contributed by atoms with van der Waals surface area (Å²) in [6, 6.07) is 3.38. The number of rotatable bonds is 5. The average Bonchev–Trinajstić information content (AvgIpc) is 2.25. The Hall–Kier alpha value is -1.78. The van der Waals surface area contributed by atoms with E-state index in [1.807, 2.05) is 13.8 Å². The molecule has 0 unspecified atom stereocenters. The minimum Gasteiger partial charge on any atom is -0.480 e. The van der Waals surface area contributed by atoms with Crippen molar-refractivity contribution in [1.82, 2.24) is 10.3 Å². The first-order chi connectivity index (χ1) is 7.59. The van der Waals surface area contributed by atoms with Crippen LogP contribution < -0.4 is 15.8 Å². The molecule has 0 aliphatic heterocycles. The highest BCUT2D eigenvalue weighted by Crippen LogP contribution is 2.16. The largest absolute Gasteiger partial charge is 0.480 e. The Morgan fingerprint density at radius 2 is 2.38 bits per heavy atom. The van der Waals surface area contributed by atoms with Crippen LogP contribution in [-0.4, -0.2) is 24.0 Å². The van der Waals surface area contributed by atoms with Gasteiger partial charge in [-0.15, -0.1) is 0 Å². The fraction of sp³-hybridized carbons (Fsp3) is 0.455. The van der Waals surface area contributed by atoms with E-state index in [4.69, 9.17) is 10.5 Å². The van der Waals surface area contributed by atoms with Gasteiger partial charge in [-0.2, -0.15) is 0 Å². The van der Waals surface area contributed by atoms with Crippen molar-refractivity contribution >= 4 is 11.7 Å². The van der Waals surface area contributed by atoms with E-state index < -0.39 is 0 Å². The zero-order chi connectivity index (χ0) is 12.0. The van der Waals surface area contributed by atoms with Crippen LogP contribution in [0.3, 0.4) is 0 Å². The number of aromatic nitrogens is 1. The lowest BCUT2D eigenvalue weighted by molar-refractivity contribution is -0.123. The lowest BCUT2D eigenvalue weighted by Gasteiger charge is -2.09. The summed E-state index contributed by atoms with van der Waals surface area (Å²) < 4.78 is 5.23. The number of amides is 1. The molecular weight excluding hydrogens is 206 g/mol. The minimum atomic E-state index is -0.156. The topological polar surface area (TPSA) is 77.2 Å². The molecule has 0 aromatic carbocycles. The number of carbonyl (C=O) groups is 1. The summed E-state index contributed by atoms with van der Waals surface area (Å²) in [5.74, 6) is 0.991. The van der Waals surface area contributed by atoms with E-state index in [1.165, 1.54) is 0 Å². The lowest BCUT2D eigenvalue weighted by atomic mass is 10.2. The van der Waals surface area contributed by atoms with Gasteiger partial charge in [0.2, 0.25) is 0 Å². The molecule has 88 valence electrons. The Morgan fingerprint density at radius 3 is 3.00 bits per heavy atom. The van der Waals surface area contributed by atoms with Crippen molar-refractivity contribution in [2.45, 2.75) is 13.8 Å². The van der Waals surface area contributed by atoms with Crippen LogP contribution in [0.2, 0.25) is 0 Å². The van der Waals surface area contributed by atoms with E-state index in [9.17, 15) is 4.79 Å². The number of hydrogen-bond acceptors (Lipinski definition) is 4. The maximum Gasteiger partial charge on any atom is 0.257 e. The van der Waals surface area contributed by atoms with Crippen LogP contribution >= 0.6 is 0 Å². The van der Waals surface area contributed by atoms with Gasteiger partial charge in [0.25, 0.3) is 5.91 Å². The van der Waals surface area contributed by atoms with Gasteiger partial charge in [0.1, 0.15) is 0 Å². The van der Waals surface area contributed by atoms with E-state index >= 15 is 0 Å². The van der Waals surface area contributed by atoms with Crippen molar-refractivity contribution in [3.8, 4) is 5.75 Å². The van der Waals surface area contributed by atoms with Gasteiger partial charge in [0.05, 0.1) is 0 Å². The summed E-state index contributed by atoms with van der Waals surface area (Å²) in [5.41, 5.74) is 5.56. The Morgan fingerprint density at radius 1 is 1.62 bits per heavy atom. The van der Waals surface area contributed by atoms with Crippen LogP contribution in [0.5, 0.6) is 5.75 Å². The number of carbonyl (C=O) groups excluding carboxylic acids is 1. The van der Waals surface area contributed by atoms with Gasteiger partial charge in [-0.3, -0.25) is 4.79 Å². The number of anilines is 1. The number of nitrogens with two attached hydrogens (primary N) is 1. The second-order valence-corrected chi connectivity index (χ2v) is 3.87. The first kappa shape index (κ1) is 12.3. The highest BCUT2D eigenvalue weighted by molar-refractivity contribution is 5.77. The molecule has 0 saturated heterocycles. The number of nitrogens with zero attached hydrogens (tertiary/aromatic N) is 1. The van der Waals surface area contributed by atoms with Gasteiger partial charge >= 0.3 is 0 Å². The highest BCUT2D eigenvalue weighted by Gasteiger charge is 2.05. The molecule has 0 fully saturated rings. The smallest absolute Gasteiger partial charge is 0.257 e. The van der Waals surface area contributed by atoms with E-state index in [0.29, 0.717) is 24.0 Å². The third-order valence-corrected chi connectivity index (χ3v) is 1.87.